The first-order valence-electron chi connectivity index (χ1n) is 5.01. The molecule has 13 heavy (non-hydrogen) atoms. The highest BCUT2D eigenvalue weighted by atomic mass is 35.5. The molecule has 0 aromatic heterocycles. The summed E-state index contributed by atoms with van der Waals surface area (Å²) in [4.78, 5) is 1.63. The first kappa shape index (κ1) is 15.5. The van der Waals surface area contributed by atoms with Gasteiger partial charge in [0.2, 0.25) is 0 Å². The van der Waals surface area contributed by atoms with Crippen molar-refractivity contribution in [3.8, 4) is 0 Å². The second kappa shape index (κ2) is 8.58. The van der Waals surface area contributed by atoms with Crippen molar-refractivity contribution in [2.24, 2.45) is 5.92 Å². The summed E-state index contributed by atoms with van der Waals surface area (Å²) < 4.78 is 0. The van der Waals surface area contributed by atoms with E-state index in [1.165, 1.54) is 13.0 Å². The first-order chi connectivity index (χ1) is 5.57. The molecule has 0 aliphatic rings. The lowest BCUT2D eigenvalue weighted by atomic mass is 10.1. The fraction of sp³-hybridized carbons (Fsp3) is 0.818. The minimum Gasteiger partial charge on any atom is -1.00 e. The van der Waals surface area contributed by atoms with Gasteiger partial charge in [0.1, 0.15) is 0 Å². The Morgan fingerprint density at radius 2 is 1.77 bits per heavy atom. The molecule has 0 radical (unpaired) electrons. The van der Waals surface area contributed by atoms with E-state index in [0.29, 0.717) is 0 Å². The predicted molar refractivity (Wildman–Crippen MR) is 55.5 cm³/mol. The molecule has 0 spiro atoms. The summed E-state index contributed by atoms with van der Waals surface area (Å²) in [6, 6.07) is 0.748. The van der Waals surface area contributed by atoms with Crippen molar-refractivity contribution in [3.63, 3.8) is 0 Å². The Hall–Kier alpha value is -0.0100. The van der Waals surface area contributed by atoms with Gasteiger partial charge in [-0.3, -0.25) is 0 Å². The fourth-order valence-corrected chi connectivity index (χ4v) is 1.24. The Bertz CT molecular complexity index is 132. The summed E-state index contributed by atoms with van der Waals surface area (Å²) in [6.07, 6.45) is 5.63. The third-order valence-corrected chi connectivity index (χ3v) is 2.43. The molecule has 0 heterocycles. The van der Waals surface area contributed by atoms with E-state index in [0.717, 1.165) is 12.0 Å². The van der Waals surface area contributed by atoms with Crippen LogP contribution in [0.4, 0.5) is 0 Å². The normalized spacial score (nSPS) is 15.8. The van der Waals surface area contributed by atoms with Crippen molar-refractivity contribution in [2.75, 3.05) is 13.6 Å². The third kappa shape index (κ3) is 8.32. The molecule has 0 saturated heterocycles. The predicted octanol–water partition coefficient (Wildman–Crippen LogP) is -1.48. The number of hydrogen-bond donors (Lipinski definition) is 1. The zero-order valence-corrected chi connectivity index (χ0v) is 10.4. The molecule has 2 heteroatoms. The van der Waals surface area contributed by atoms with Crippen molar-refractivity contribution in [2.45, 2.75) is 40.2 Å². The van der Waals surface area contributed by atoms with Crippen molar-refractivity contribution in [1.29, 1.82) is 0 Å². The molecule has 2 unspecified atom stereocenters. The summed E-state index contributed by atoms with van der Waals surface area (Å²) in [5.74, 6) is 0.809. The third-order valence-electron chi connectivity index (χ3n) is 2.43. The Balaban J connectivity index is 0. The number of quaternary nitrogens is 1. The molecule has 0 aromatic rings. The number of hydrogen-bond acceptors (Lipinski definition) is 0. The van der Waals surface area contributed by atoms with E-state index in [-0.39, 0.29) is 12.4 Å². The Morgan fingerprint density at radius 1 is 1.23 bits per heavy atom. The topological polar surface area (TPSA) is 4.44 Å². The lowest BCUT2D eigenvalue weighted by Gasteiger charge is -2.21. The van der Waals surface area contributed by atoms with Gasteiger partial charge >= 0.3 is 0 Å². The van der Waals surface area contributed by atoms with Crippen molar-refractivity contribution >= 4 is 0 Å². The minimum absolute atomic E-state index is 0. The molecule has 0 aliphatic heterocycles. The number of allylic oxidation sites excluding steroid dienone is 2. The van der Waals surface area contributed by atoms with Gasteiger partial charge in [-0.15, -0.1) is 0 Å². The van der Waals surface area contributed by atoms with E-state index in [2.05, 4.69) is 46.9 Å². The van der Waals surface area contributed by atoms with Crippen LogP contribution in [-0.4, -0.2) is 19.6 Å². The summed E-state index contributed by atoms with van der Waals surface area (Å²) in [6.45, 7) is 10.2. The van der Waals surface area contributed by atoms with Gasteiger partial charge in [0, 0.05) is 5.92 Å². The molecule has 0 fully saturated rings. The molecule has 1 N–H and O–H groups in total. The lowest BCUT2D eigenvalue weighted by molar-refractivity contribution is -0.904. The van der Waals surface area contributed by atoms with Crippen LogP contribution < -0.4 is 17.3 Å². The zero-order chi connectivity index (χ0) is 9.56. The number of rotatable bonds is 5. The van der Waals surface area contributed by atoms with Crippen LogP contribution in [0.2, 0.25) is 0 Å². The van der Waals surface area contributed by atoms with E-state index in [1.807, 2.05) is 0 Å². The van der Waals surface area contributed by atoms with Crippen molar-refractivity contribution < 1.29 is 17.3 Å². The van der Waals surface area contributed by atoms with E-state index in [4.69, 9.17) is 0 Å². The summed E-state index contributed by atoms with van der Waals surface area (Å²) in [5, 5.41) is 0. The van der Waals surface area contributed by atoms with Crippen molar-refractivity contribution in [3.05, 3.63) is 12.2 Å². The number of nitrogens with one attached hydrogen (secondary N) is 1. The second-order valence-corrected chi connectivity index (χ2v) is 4.12. The Labute approximate surface area is 89.6 Å². The van der Waals surface area contributed by atoms with Crippen LogP contribution in [0, 0.1) is 5.92 Å². The lowest BCUT2D eigenvalue weighted by Crippen LogP contribution is -3.12. The molecule has 0 bridgehead atoms. The minimum atomic E-state index is 0. The van der Waals surface area contributed by atoms with Gasteiger partial charge < -0.3 is 17.3 Å². The standard InChI is InChI=1S/C11H23N.ClH/c1-6-7-8-11(4)9-12(5)10(2)3;/h6-7,10-11H,8-9H2,1-5H3;1H/b7-6+;. The molecule has 0 saturated carbocycles. The van der Waals surface area contributed by atoms with Crippen LogP contribution >= 0.6 is 0 Å². The molecule has 0 amide bonds. The smallest absolute Gasteiger partial charge is 0.0815 e. The summed E-state index contributed by atoms with van der Waals surface area (Å²) >= 11 is 0. The quantitative estimate of drug-likeness (QED) is 0.523. The van der Waals surface area contributed by atoms with Crippen LogP contribution in [0.1, 0.15) is 34.1 Å². The van der Waals surface area contributed by atoms with Crippen LogP contribution in [0.3, 0.4) is 0 Å². The zero-order valence-electron chi connectivity index (χ0n) is 9.60. The van der Waals surface area contributed by atoms with Gasteiger partial charge in [0.25, 0.3) is 0 Å². The Kier molecular flexibility index (Phi) is 10.2. The molecule has 0 aliphatic carbocycles. The first-order valence-corrected chi connectivity index (χ1v) is 5.01. The molecule has 2 atom stereocenters. The summed E-state index contributed by atoms with van der Waals surface area (Å²) in [7, 11) is 2.27. The maximum absolute atomic E-state index is 2.33. The SMILES string of the molecule is C/C=C/CC(C)C[NH+](C)C(C)C.[Cl-]. The molecule has 1 nitrogen and oxygen atoms in total. The highest BCUT2D eigenvalue weighted by Gasteiger charge is 2.10. The molecule has 0 rings (SSSR count). The number of halogens is 1. The van der Waals surface area contributed by atoms with Crippen LogP contribution in [0.15, 0.2) is 12.2 Å². The van der Waals surface area contributed by atoms with Crippen LogP contribution in [-0.2, 0) is 0 Å². The highest BCUT2D eigenvalue weighted by molar-refractivity contribution is 4.78. The van der Waals surface area contributed by atoms with Gasteiger partial charge in [0.05, 0.1) is 19.6 Å². The van der Waals surface area contributed by atoms with Crippen LogP contribution in [0.5, 0.6) is 0 Å². The van der Waals surface area contributed by atoms with Gasteiger partial charge in [-0.1, -0.05) is 19.1 Å². The molecular formula is C11H24ClN. The summed E-state index contributed by atoms with van der Waals surface area (Å²) in [5.41, 5.74) is 0. The second-order valence-electron chi connectivity index (χ2n) is 4.12. The van der Waals surface area contributed by atoms with Gasteiger partial charge in [-0.05, 0) is 27.2 Å². The average Bonchev–Trinajstić information content (AvgIpc) is 2.00. The van der Waals surface area contributed by atoms with E-state index >= 15 is 0 Å². The monoisotopic (exact) mass is 205 g/mol. The molecule has 0 aromatic carbocycles. The van der Waals surface area contributed by atoms with E-state index < -0.39 is 0 Å². The largest absolute Gasteiger partial charge is 1.00 e. The fourth-order valence-electron chi connectivity index (χ4n) is 1.24. The van der Waals surface area contributed by atoms with Crippen LogP contribution in [0.25, 0.3) is 0 Å². The maximum atomic E-state index is 2.33. The van der Waals surface area contributed by atoms with E-state index in [9.17, 15) is 0 Å². The van der Waals surface area contributed by atoms with E-state index in [1.54, 1.807) is 4.90 Å². The average molecular weight is 206 g/mol. The van der Waals surface area contributed by atoms with Gasteiger partial charge in [0.15, 0.2) is 0 Å². The maximum Gasteiger partial charge on any atom is 0.0815 e. The molecular weight excluding hydrogens is 182 g/mol. The molecule has 80 valence electrons. The van der Waals surface area contributed by atoms with Crippen molar-refractivity contribution in [1.82, 2.24) is 0 Å². The van der Waals surface area contributed by atoms with Gasteiger partial charge in [-0.2, -0.15) is 0 Å². The highest BCUT2D eigenvalue weighted by Crippen LogP contribution is 1.99. The Morgan fingerprint density at radius 3 is 2.15 bits per heavy atom. The van der Waals surface area contributed by atoms with Gasteiger partial charge in [-0.25, -0.2) is 0 Å².